The zero-order valence-electron chi connectivity index (χ0n) is 19.4. The number of hydrogen-bond donors (Lipinski definition) is 2. The Hall–Kier alpha value is -3.19. The summed E-state index contributed by atoms with van der Waals surface area (Å²) in [5.41, 5.74) is -0.00557. The van der Waals surface area contributed by atoms with Crippen LogP contribution in [0.5, 0.6) is 0 Å². The summed E-state index contributed by atoms with van der Waals surface area (Å²) in [7, 11) is 0. The Kier molecular flexibility index (Phi) is 6.01. The summed E-state index contributed by atoms with van der Waals surface area (Å²) in [6.07, 6.45) is 0.411. The molecule has 0 saturated carbocycles. The Morgan fingerprint density at radius 1 is 1.12 bits per heavy atom. The van der Waals surface area contributed by atoms with Gasteiger partial charge in [0.1, 0.15) is 0 Å². The van der Waals surface area contributed by atoms with E-state index < -0.39 is 11.8 Å². The van der Waals surface area contributed by atoms with Gasteiger partial charge < -0.3 is 15.3 Å². The summed E-state index contributed by atoms with van der Waals surface area (Å²) < 4.78 is 0. The number of amides is 3. The second kappa shape index (κ2) is 8.63. The molecule has 1 saturated heterocycles. The van der Waals surface area contributed by atoms with Gasteiger partial charge in [0.15, 0.2) is 0 Å². The number of hydrogen-bond acceptors (Lipinski definition) is 4. The van der Waals surface area contributed by atoms with E-state index in [1.807, 2.05) is 44.2 Å². The van der Waals surface area contributed by atoms with Gasteiger partial charge in [-0.1, -0.05) is 56.3 Å². The van der Waals surface area contributed by atoms with E-state index in [1.165, 1.54) is 4.90 Å². The molecule has 2 aromatic carbocycles. The van der Waals surface area contributed by atoms with Crippen LogP contribution in [-0.2, 0) is 16.1 Å². The van der Waals surface area contributed by atoms with Gasteiger partial charge in [0, 0.05) is 25.9 Å². The number of aliphatic hydroxyl groups is 1. The molecule has 2 heterocycles. The first kappa shape index (κ1) is 23.0. The molecule has 33 heavy (non-hydrogen) atoms. The first-order valence-electron chi connectivity index (χ1n) is 11.4. The van der Waals surface area contributed by atoms with E-state index in [-0.39, 0.29) is 42.5 Å². The average molecular weight is 450 g/mol. The summed E-state index contributed by atoms with van der Waals surface area (Å²) in [5, 5.41) is 12.8. The quantitative estimate of drug-likeness (QED) is 0.680. The van der Waals surface area contributed by atoms with Gasteiger partial charge in [0.2, 0.25) is 11.6 Å². The van der Waals surface area contributed by atoms with E-state index >= 15 is 0 Å². The number of carbonyl (C=O) groups excluding carboxylic acids is 3. The monoisotopic (exact) mass is 449 g/mol. The fourth-order valence-corrected chi connectivity index (χ4v) is 5.10. The van der Waals surface area contributed by atoms with Crippen molar-refractivity contribution in [3.63, 3.8) is 0 Å². The normalized spacial score (nSPS) is 21.0. The highest BCUT2D eigenvalue weighted by Gasteiger charge is 2.60. The molecule has 0 aromatic heterocycles. The fraction of sp³-hybridized carbons (Fsp3) is 0.423. The molecule has 7 heteroatoms. The molecule has 2 atom stereocenters. The molecular weight excluding hydrogens is 418 g/mol. The van der Waals surface area contributed by atoms with Crippen LogP contribution >= 0.6 is 0 Å². The van der Waals surface area contributed by atoms with Crippen LogP contribution in [0.15, 0.2) is 54.6 Å². The third-order valence-electron chi connectivity index (χ3n) is 6.50. The lowest BCUT2D eigenvalue weighted by Gasteiger charge is -2.49. The molecule has 1 fully saturated rings. The van der Waals surface area contributed by atoms with Gasteiger partial charge in [-0.25, -0.2) is 0 Å². The van der Waals surface area contributed by atoms with Crippen molar-refractivity contribution in [2.45, 2.75) is 58.3 Å². The Balaban J connectivity index is 1.76. The van der Waals surface area contributed by atoms with Gasteiger partial charge >= 0.3 is 0 Å². The van der Waals surface area contributed by atoms with Crippen molar-refractivity contribution in [3.05, 3.63) is 65.7 Å². The molecule has 4 rings (SSSR count). The highest BCUT2D eigenvalue weighted by atomic mass is 16.3. The van der Waals surface area contributed by atoms with E-state index in [0.29, 0.717) is 24.2 Å². The van der Waals surface area contributed by atoms with Crippen LogP contribution in [0.4, 0.5) is 5.69 Å². The predicted molar refractivity (Wildman–Crippen MR) is 125 cm³/mol. The van der Waals surface area contributed by atoms with Crippen LogP contribution in [-0.4, -0.2) is 46.0 Å². The summed E-state index contributed by atoms with van der Waals surface area (Å²) in [5.74, 6) is -0.809. The number of benzene rings is 2. The summed E-state index contributed by atoms with van der Waals surface area (Å²) >= 11 is 0. The number of para-hydroxylation sites is 1. The number of anilines is 1. The standard InChI is InChI=1S/C26H31N3O4/c1-18(30)15-25(2,3)17-27-24(33)26-14-13-22(31)29(26)21-12-8-7-11-20(21)23(32)28(26)16-19-9-5-4-6-10-19/h4-12,18,30H,13-17H2,1-3H3,(H,27,33)/t18-,26-/m1/s1. The van der Waals surface area contributed by atoms with Crippen molar-refractivity contribution in [2.24, 2.45) is 5.41 Å². The lowest BCUT2D eigenvalue weighted by Crippen LogP contribution is -2.70. The van der Waals surface area contributed by atoms with Crippen molar-refractivity contribution < 1.29 is 19.5 Å². The topological polar surface area (TPSA) is 90.0 Å². The molecule has 2 N–H and O–H groups in total. The first-order chi connectivity index (χ1) is 15.7. The van der Waals surface area contributed by atoms with Gasteiger partial charge in [0.25, 0.3) is 11.8 Å². The van der Waals surface area contributed by atoms with Gasteiger partial charge in [-0.3, -0.25) is 19.3 Å². The molecule has 2 aromatic rings. The lowest BCUT2D eigenvalue weighted by atomic mass is 9.86. The maximum atomic E-state index is 13.9. The van der Waals surface area contributed by atoms with Crippen LogP contribution < -0.4 is 10.2 Å². The van der Waals surface area contributed by atoms with Crippen molar-refractivity contribution in [2.75, 3.05) is 11.4 Å². The van der Waals surface area contributed by atoms with Crippen molar-refractivity contribution in [3.8, 4) is 0 Å². The second-order valence-corrected chi connectivity index (χ2v) is 9.84. The van der Waals surface area contributed by atoms with Gasteiger partial charge in [0.05, 0.1) is 17.4 Å². The number of rotatable bonds is 7. The first-order valence-corrected chi connectivity index (χ1v) is 11.4. The minimum absolute atomic E-state index is 0.175. The largest absolute Gasteiger partial charge is 0.393 e. The minimum atomic E-state index is -1.43. The number of nitrogens with zero attached hydrogens (tertiary/aromatic N) is 2. The Bertz CT molecular complexity index is 1070. The van der Waals surface area contributed by atoms with Crippen LogP contribution in [0.3, 0.4) is 0 Å². The van der Waals surface area contributed by atoms with E-state index in [1.54, 1.807) is 36.1 Å². The molecular formula is C26H31N3O4. The number of aliphatic hydroxyl groups excluding tert-OH is 1. The Morgan fingerprint density at radius 2 is 1.79 bits per heavy atom. The summed E-state index contributed by atoms with van der Waals surface area (Å²) in [4.78, 5) is 43.7. The van der Waals surface area contributed by atoms with Crippen molar-refractivity contribution in [1.29, 1.82) is 0 Å². The van der Waals surface area contributed by atoms with Gasteiger partial charge in [-0.2, -0.15) is 0 Å². The Morgan fingerprint density at radius 3 is 2.48 bits per heavy atom. The van der Waals surface area contributed by atoms with Gasteiger partial charge in [-0.05, 0) is 36.5 Å². The van der Waals surface area contributed by atoms with Crippen LogP contribution in [0.2, 0.25) is 0 Å². The fourth-order valence-electron chi connectivity index (χ4n) is 5.10. The molecule has 0 radical (unpaired) electrons. The predicted octanol–water partition coefficient (Wildman–Crippen LogP) is 3.08. The zero-order valence-corrected chi connectivity index (χ0v) is 19.4. The summed E-state index contributed by atoms with van der Waals surface area (Å²) in [6, 6.07) is 16.5. The lowest BCUT2D eigenvalue weighted by molar-refractivity contribution is -0.134. The number of carbonyl (C=O) groups is 3. The highest BCUT2D eigenvalue weighted by Crippen LogP contribution is 2.45. The maximum absolute atomic E-state index is 13.9. The molecule has 7 nitrogen and oxygen atoms in total. The number of nitrogens with one attached hydrogen (secondary N) is 1. The molecule has 3 amide bonds. The summed E-state index contributed by atoms with van der Waals surface area (Å²) in [6.45, 7) is 6.19. The van der Waals surface area contributed by atoms with Crippen LogP contribution in [0.25, 0.3) is 0 Å². The van der Waals surface area contributed by atoms with E-state index in [4.69, 9.17) is 0 Å². The van der Waals surface area contributed by atoms with Crippen molar-refractivity contribution in [1.82, 2.24) is 10.2 Å². The Labute approximate surface area is 194 Å². The molecule has 2 aliphatic heterocycles. The van der Waals surface area contributed by atoms with E-state index in [0.717, 1.165) is 5.56 Å². The van der Waals surface area contributed by atoms with Crippen LogP contribution in [0.1, 0.15) is 56.0 Å². The zero-order chi connectivity index (χ0) is 23.8. The van der Waals surface area contributed by atoms with E-state index in [2.05, 4.69) is 5.32 Å². The van der Waals surface area contributed by atoms with E-state index in [9.17, 15) is 19.5 Å². The third-order valence-corrected chi connectivity index (χ3v) is 6.50. The molecule has 0 spiro atoms. The second-order valence-electron chi connectivity index (χ2n) is 9.84. The molecule has 0 unspecified atom stereocenters. The molecule has 0 bridgehead atoms. The SMILES string of the molecule is C[C@@H](O)CC(C)(C)CNC(=O)[C@@]12CCC(=O)N1c1ccccc1C(=O)N2Cc1ccccc1. The third kappa shape index (κ3) is 4.13. The van der Waals surface area contributed by atoms with Gasteiger partial charge in [-0.15, -0.1) is 0 Å². The smallest absolute Gasteiger partial charge is 0.267 e. The number of fused-ring (bicyclic) bond motifs is 3. The van der Waals surface area contributed by atoms with Crippen LogP contribution in [0, 0.1) is 5.41 Å². The van der Waals surface area contributed by atoms with Crippen molar-refractivity contribution >= 4 is 23.4 Å². The molecule has 0 aliphatic carbocycles. The molecule has 2 aliphatic rings. The highest BCUT2D eigenvalue weighted by molar-refractivity contribution is 6.16. The minimum Gasteiger partial charge on any atom is -0.393 e. The molecule has 174 valence electrons. The maximum Gasteiger partial charge on any atom is 0.267 e. The average Bonchev–Trinajstić information content (AvgIpc) is 3.13.